The van der Waals surface area contributed by atoms with Gasteiger partial charge in [-0.2, -0.15) is 0 Å². The Kier molecular flexibility index (Phi) is 9.31. The van der Waals surface area contributed by atoms with Crippen LogP contribution in [-0.4, -0.2) is 37.1 Å². The van der Waals surface area contributed by atoms with E-state index in [1.807, 2.05) is 30.3 Å². The first-order valence-electron chi connectivity index (χ1n) is 11.8. The maximum absolute atomic E-state index is 13.3. The highest BCUT2D eigenvalue weighted by atomic mass is 35.5. The lowest BCUT2D eigenvalue weighted by Gasteiger charge is -2.31. The second kappa shape index (κ2) is 12.4. The Morgan fingerprint density at radius 1 is 0.944 bits per heavy atom. The average Bonchev–Trinajstić information content (AvgIpc) is 2.82. The van der Waals surface area contributed by atoms with Crippen LogP contribution >= 0.6 is 11.6 Å². The predicted octanol–water partition coefficient (Wildman–Crippen LogP) is 4.43. The lowest BCUT2D eigenvalue weighted by atomic mass is 9.80. The van der Waals surface area contributed by atoms with Crippen LogP contribution in [0.15, 0.2) is 77.1 Å². The van der Waals surface area contributed by atoms with E-state index in [0.29, 0.717) is 34.9 Å². The minimum atomic E-state index is -0.820. The third-order valence-electron chi connectivity index (χ3n) is 5.67. The van der Waals surface area contributed by atoms with E-state index in [1.54, 1.807) is 52.0 Å². The summed E-state index contributed by atoms with van der Waals surface area (Å²) in [5.41, 5.74) is 3.18. The third kappa shape index (κ3) is 6.76. The van der Waals surface area contributed by atoms with Crippen molar-refractivity contribution in [3.8, 4) is 0 Å². The van der Waals surface area contributed by atoms with Gasteiger partial charge in [-0.25, -0.2) is 9.59 Å². The van der Waals surface area contributed by atoms with Crippen molar-refractivity contribution in [3.63, 3.8) is 0 Å². The molecule has 0 spiro atoms. The molecule has 0 radical (unpaired) electrons. The van der Waals surface area contributed by atoms with Crippen LogP contribution < -0.4 is 10.6 Å². The van der Waals surface area contributed by atoms with Crippen LogP contribution in [0, 0.1) is 0 Å². The van der Waals surface area contributed by atoms with Crippen molar-refractivity contribution in [2.24, 2.45) is 0 Å². The van der Waals surface area contributed by atoms with Gasteiger partial charge in [0.2, 0.25) is 0 Å². The summed E-state index contributed by atoms with van der Waals surface area (Å²) in [5.74, 6) is -2.51. The second-order valence-electron chi connectivity index (χ2n) is 8.77. The van der Waals surface area contributed by atoms with Crippen molar-refractivity contribution in [2.45, 2.75) is 46.1 Å². The molecule has 1 atom stereocenters. The number of benzene rings is 2. The lowest BCUT2D eigenvalue weighted by Crippen LogP contribution is -2.35. The molecule has 7 nitrogen and oxygen atoms in total. The van der Waals surface area contributed by atoms with E-state index < -0.39 is 30.4 Å². The maximum atomic E-state index is 13.3. The Balaban J connectivity index is 1.78. The minimum absolute atomic E-state index is 0.196. The maximum Gasteiger partial charge on any atom is 0.337 e. The van der Waals surface area contributed by atoms with Crippen LogP contribution in [0.5, 0.6) is 0 Å². The van der Waals surface area contributed by atoms with Crippen LogP contribution in [0.25, 0.3) is 0 Å². The number of hydrogen-bond acceptors (Lipinski definition) is 6. The number of hydrogen-bond donors (Lipinski definition) is 2. The molecule has 3 rings (SSSR count). The van der Waals surface area contributed by atoms with Gasteiger partial charge in [-0.3, -0.25) is 4.79 Å². The van der Waals surface area contributed by atoms with Crippen LogP contribution in [-0.2, 0) is 30.3 Å². The Hall–Kier alpha value is -3.58. The molecule has 0 saturated heterocycles. The number of ether oxygens (including phenoxy) is 2. The van der Waals surface area contributed by atoms with E-state index >= 15 is 0 Å². The van der Waals surface area contributed by atoms with Gasteiger partial charge in [-0.15, -0.1) is 0 Å². The first-order chi connectivity index (χ1) is 17.2. The quantitative estimate of drug-likeness (QED) is 0.485. The highest BCUT2D eigenvalue weighted by molar-refractivity contribution is 6.31. The van der Waals surface area contributed by atoms with E-state index in [1.165, 1.54) is 0 Å². The Morgan fingerprint density at radius 3 is 2.19 bits per heavy atom. The molecule has 2 aromatic rings. The SMILES string of the molecule is CC1=C(C(=O)OCC(=O)NCCc2ccccc2)C(c2ccccc2Cl)C(C(=O)OC(C)C)=C(C)N1. The number of rotatable bonds is 9. The molecule has 2 N–H and O–H groups in total. The number of amides is 1. The number of esters is 2. The van der Waals surface area contributed by atoms with Gasteiger partial charge in [0.15, 0.2) is 6.61 Å². The highest BCUT2D eigenvalue weighted by Gasteiger charge is 2.39. The largest absolute Gasteiger partial charge is 0.460 e. The molecule has 8 heteroatoms. The van der Waals surface area contributed by atoms with Crippen molar-refractivity contribution in [1.82, 2.24) is 10.6 Å². The summed E-state index contributed by atoms with van der Waals surface area (Å²) in [6.45, 7) is 6.93. The summed E-state index contributed by atoms with van der Waals surface area (Å²) < 4.78 is 10.9. The Labute approximate surface area is 216 Å². The summed E-state index contributed by atoms with van der Waals surface area (Å²) in [7, 11) is 0. The van der Waals surface area contributed by atoms with Crippen molar-refractivity contribution in [3.05, 3.63) is 93.3 Å². The molecule has 0 bridgehead atoms. The number of carbonyl (C=O) groups is 3. The van der Waals surface area contributed by atoms with Gasteiger partial charge in [0, 0.05) is 23.0 Å². The predicted molar refractivity (Wildman–Crippen MR) is 138 cm³/mol. The van der Waals surface area contributed by atoms with Crippen molar-refractivity contribution in [1.29, 1.82) is 0 Å². The summed E-state index contributed by atoms with van der Waals surface area (Å²) in [4.78, 5) is 38.7. The van der Waals surface area contributed by atoms with Crippen molar-refractivity contribution < 1.29 is 23.9 Å². The molecular formula is C28H31ClN2O5. The number of nitrogens with one attached hydrogen (secondary N) is 2. The molecule has 1 aliphatic heterocycles. The van der Waals surface area contributed by atoms with E-state index in [4.69, 9.17) is 21.1 Å². The van der Waals surface area contributed by atoms with E-state index in [-0.39, 0.29) is 17.3 Å². The standard InChI is InChI=1S/C28H31ClN2O5/c1-17(2)36-28(34)25-19(4)31-18(3)24(26(25)21-12-8-9-13-22(21)29)27(33)35-16-23(32)30-15-14-20-10-6-5-7-11-20/h5-13,17,26,31H,14-16H2,1-4H3,(H,30,32). The van der Waals surface area contributed by atoms with Gasteiger partial charge in [0.05, 0.1) is 23.2 Å². The Morgan fingerprint density at radius 2 is 1.56 bits per heavy atom. The molecule has 0 aromatic heterocycles. The Bertz CT molecular complexity index is 1190. The molecule has 1 unspecified atom stereocenters. The first-order valence-corrected chi connectivity index (χ1v) is 12.2. The topological polar surface area (TPSA) is 93.7 Å². The number of carbonyl (C=O) groups excluding carboxylic acids is 3. The molecule has 1 amide bonds. The fourth-order valence-corrected chi connectivity index (χ4v) is 4.33. The zero-order valence-corrected chi connectivity index (χ0v) is 21.6. The van der Waals surface area contributed by atoms with Gasteiger partial charge < -0.3 is 20.1 Å². The number of dihydropyridines is 1. The fraction of sp³-hybridized carbons (Fsp3) is 0.321. The smallest absolute Gasteiger partial charge is 0.337 e. The van der Waals surface area contributed by atoms with Gasteiger partial charge in [0.1, 0.15) is 0 Å². The van der Waals surface area contributed by atoms with Gasteiger partial charge in [-0.05, 0) is 51.3 Å². The first kappa shape index (κ1) is 27.0. The molecule has 36 heavy (non-hydrogen) atoms. The highest BCUT2D eigenvalue weighted by Crippen LogP contribution is 2.41. The van der Waals surface area contributed by atoms with Crippen LogP contribution in [0.3, 0.4) is 0 Å². The van der Waals surface area contributed by atoms with Gasteiger partial charge >= 0.3 is 11.9 Å². The van der Waals surface area contributed by atoms with Crippen molar-refractivity contribution >= 4 is 29.4 Å². The van der Waals surface area contributed by atoms with E-state index in [9.17, 15) is 14.4 Å². The molecule has 0 aliphatic carbocycles. The summed E-state index contributed by atoms with van der Waals surface area (Å²) in [6.07, 6.45) is 0.306. The normalized spacial score (nSPS) is 15.4. The minimum Gasteiger partial charge on any atom is -0.460 e. The zero-order valence-electron chi connectivity index (χ0n) is 20.9. The van der Waals surface area contributed by atoms with Crippen LogP contribution in [0.1, 0.15) is 44.7 Å². The second-order valence-corrected chi connectivity index (χ2v) is 9.18. The van der Waals surface area contributed by atoms with Gasteiger partial charge in [0.25, 0.3) is 5.91 Å². The van der Waals surface area contributed by atoms with E-state index in [0.717, 1.165) is 5.56 Å². The molecule has 2 aromatic carbocycles. The summed E-state index contributed by atoms with van der Waals surface area (Å²) in [6, 6.07) is 16.7. The molecule has 0 saturated carbocycles. The zero-order chi connectivity index (χ0) is 26.2. The van der Waals surface area contributed by atoms with Crippen LogP contribution in [0.2, 0.25) is 5.02 Å². The molecule has 1 heterocycles. The van der Waals surface area contributed by atoms with E-state index in [2.05, 4.69) is 10.6 Å². The van der Waals surface area contributed by atoms with Gasteiger partial charge in [-0.1, -0.05) is 60.1 Å². The summed E-state index contributed by atoms with van der Waals surface area (Å²) in [5, 5.41) is 6.24. The molecule has 1 aliphatic rings. The average molecular weight is 511 g/mol. The monoisotopic (exact) mass is 510 g/mol. The third-order valence-corrected chi connectivity index (χ3v) is 6.02. The fourth-order valence-electron chi connectivity index (χ4n) is 4.08. The molecular weight excluding hydrogens is 480 g/mol. The van der Waals surface area contributed by atoms with Crippen molar-refractivity contribution in [2.75, 3.05) is 13.2 Å². The molecule has 190 valence electrons. The lowest BCUT2D eigenvalue weighted by molar-refractivity contribution is -0.145. The summed E-state index contributed by atoms with van der Waals surface area (Å²) >= 11 is 6.50. The van der Waals surface area contributed by atoms with Crippen LogP contribution in [0.4, 0.5) is 0 Å². The molecule has 0 fully saturated rings. The number of allylic oxidation sites excluding steroid dienone is 2. The number of halogens is 1.